The van der Waals surface area contributed by atoms with Crippen molar-refractivity contribution in [3.63, 3.8) is 0 Å². The van der Waals surface area contributed by atoms with Crippen molar-refractivity contribution < 1.29 is 113 Å². The molecule has 0 saturated heterocycles. The summed E-state index contributed by atoms with van der Waals surface area (Å²) in [6, 6.07) is 37.8. The summed E-state index contributed by atoms with van der Waals surface area (Å²) in [6.45, 7) is 0. The molecule has 0 atom stereocenters. The molecular formula is C46H40LaN7O11Ti. The third kappa shape index (κ3) is 21.5. The van der Waals surface area contributed by atoms with Crippen molar-refractivity contribution in [2.75, 3.05) is 21.2 Å². The third-order valence-electron chi connectivity index (χ3n) is 7.42. The first kappa shape index (κ1) is 58.9. The summed E-state index contributed by atoms with van der Waals surface area (Å²) < 4.78 is 0. The Labute approximate surface area is 423 Å². The van der Waals surface area contributed by atoms with Gasteiger partial charge in [-0.1, -0.05) is 121 Å². The largest absolute Gasteiger partial charge is 4.00 e. The van der Waals surface area contributed by atoms with E-state index in [0.717, 1.165) is 32.2 Å². The summed E-state index contributed by atoms with van der Waals surface area (Å²) in [7, 11) is 4.38. The Bertz CT molecular complexity index is 2390. The van der Waals surface area contributed by atoms with Gasteiger partial charge in [0.1, 0.15) is 0 Å². The fourth-order valence-corrected chi connectivity index (χ4v) is 4.31. The van der Waals surface area contributed by atoms with Crippen LogP contribution in [0.5, 0.6) is 34.5 Å². The van der Waals surface area contributed by atoms with E-state index in [4.69, 9.17) is 5.11 Å². The van der Waals surface area contributed by atoms with Crippen molar-refractivity contribution in [1.82, 2.24) is 15.8 Å². The number of aliphatic hydroxyl groups is 1. The van der Waals surface area contributed by atoms with E-state index in [1.54, 1.807) is 105 Å². The van der Waals surface area contributed by atoms with Crippen LogP contribution < -0.4 is 46.6 Å². The van der Waals surface area contributed by atoms with E-state index in [0.29, 0.717) is 16.7 Å². The minimum Gasteiger partial charge on any atom is -0.873 e. The first-order valence-electron chi connectivity index (χ1n) is 18.4. The summed E-state index contributed by atoms with van der Waals surface area (Å²) in [5.74, 6) is -5.03. The molecule has 3 N–H and O–H groups in total. The summed E-state index contributed by atoms with van der Waals surface area (Å²) in [6.07, 6.45) is 4.17. The Kier molecular flexibility index (Phi) is 29.8. The van der Waals surface area contributed by atoms with Crippen LogP contribution in [0.2, 0.25) is 0 Å². The van der Waals surface area contributed by atoms with Gasteiger partial charge in [0.15, 0.2) is 0 Å². The maximum Gasteiger partial charge on any atom is 4.00 e. The molecule has 6 aromatic rings. The summed E-state index contributed by atoms with van der Waals surface area (Å²) in [5, 5.41) is 100. The van der Waals surface area contributed by atoms with Crippen molar-refractivity contribution >= 4 is 42.8 Å². The number of hydrogen-bond acceptors (Lipinski definition) is 15. The van der Waals surface area contributed by atoms with Gasteiger partial charge in [-0.2, -0.15) is 20.4 Å². The summed E-state index contributed by atoms with van der Waals surface area (Å²) in [5.41, 5.74) is 6.27. The predicted molar refractivity (Wildman–Crippen MR) is 227 cm³/mol. The van der Waals surface area contributed by atoms with Gasteiger partial charge in [0.25, 0.3) is 11.8 Å². The van der Waals surface area contributed by atoms with Crippen LogP contribution >= 0.6 is 0 Å². The number of benzene rings is 6. The Balaban J connectivity index is 0.000000883. The van der Waals surface area contributed by atoms with Crippen molar-refractivity contribution in [3.05, 3.63) is 179 Å². The fraction of sp³-hybridized carbons (Fsp3) is 0.0652. The number of nitrogens with one attached hydrogen (secondary N) is 2. The quantitative estimate of drug-likeness (QED) is 0.0557. The monoisotopic (exact) mass is 1050 g/mol. The zero-order valence-corrected chi connectivity index (χ0v) is 40.7. The van der Waals surface area contributed by atoms with E-state index < -0.39 is 40.4 Å². The minimum absolute atomic E-state index is 0. The number of rotatable bonds is 10. The molecule has 0 radical (unpaired) electrons. The number of amides is 3. The van der Waals surface area contributed by atoms with Crippen LogP contribution in [0.3, 0.4) is 0 Å². The van der Waals surface area contributed by atoms with Crippen LogP contribution in [-0.2, 0) is 26.5 Å². The van der Waals surface area contributed by atoms with Gasteiger partial charge >= 0.3 is 57.3 Å². The number of carbonyl (C=O) groups is 3. The molecule has 0 spiro atoms. The fourth-order valence-electron chi connectivity index (χ4n) is 4.31. The normalized spacial score (nSPS) is 10.1. The maximum atomic E-state index is 11.6. The number of carbonyl (C=O) groups excluding carboxylic acids is 3. The van der Waals surface area contributed by atoms with E-state index in [2.05, 4.69) is 31.3 Å². The van der Waals surface area contributed by atoms with Crippen LogP contribution in [0.25, 0.3) is 0 Å². The molecule has 0 aliphatic heterocycles. The molecule has 6 aromatic carbocycles. The summed E-state index contributed by atoms with van der Waals surface area (Å²) >= 11 is 0. The number of nitrogens with zero attached hydrogens (tertiary/aromatic N) is 5. The zero-order chi connectivity index (χ0) is 47.3. The second-order valence-electron chi connectivity index (χ2n) is 12.2. The molecule has 0 bridgehead atoms. The van der Waals surface area contributed by atoms with Crippen LogP contribution in [0.4, 0.5) is 0 Å². The van der Waals surface area contributed by atoms with Gasteiger partial charge in [-0.25, -0.2) is 10.9 Å². The summed E-state index contributed by atoms with van der Waals surface area (Å²) in [4.78, 5) is 34.1. The molecule has 0 aromatic heterocycles. The molecule has 0 unspecified atom stereocenters. The maximum absolute atomic E-state index is 11.6. The second kappa shape index (κ2) is 33.4. The van der Waals surface area contributed by atoms with E-state index in [1.807, 2.05) is 0 Å². The van der Waals surface area contributed by atoms with E-state index in [-0.39, 0.29) is 85.8 Å². The van der Waals surface area contributed by atoms with Crippen LogP contribution in [-0.4, -0.2) is 74.0 Å². The van der Waals surface area contributed by atoms with Gasteiger partial charge < -0.3 is 45.8 Å². The van der Waals surface area contributed by atoms with Gasteiger partial charge in [0, 0.05) is 38.2 Å². The van der Waals surface area contributed by atoms with E-state index in [9.17, 15) is 50.1 Å². The topological polar surface area (TPSA) is 310 Å². The molecule has 3 amide bonds. The van der Waals surface area contributed by atoms with Crippen LogP contribution in [0, 0.1) is 35.6 Å². The number of aliphatic hydroxyl groups excluding tert-OH is 1. The van der Waals surface area contributed by atoms with Gasteiger partial charge in [0.2, 0.25) is 6.41 Å². The second-order valence-corrected chi connectivity index (χ2v) is 12.2. The minimum atomic E-state index is -0.659. The SMILES string of the molecule is CN(C)C=O.CO.O=C(N/N=C/c1cccc([O-])c1[O-])c1ccccc1.O=C(N/N=C/c1cccc([O-])c1[O-])c1ccccc1.[La+3].[O-]/C(=N\N=C\c1cccc([O-])c1[O-])c1ccccc1.[Ti+4]. The van der Waals surface area contributed by atoms with Gasteiger partial charge in [0.05, 0.1) is 18.6 Å². The number of para-hydroxylation sites is 3. The average molecular weight is 1050 g/mol. The van der Waals surface area contributed by atoms with Crippen molar-refractivity contribution in [3.8, 4) is 34.5 Å². The predicted octanol–water partition coefficient (Wildman–Crippen LogP) is 0.481. The van der Waals surface area contributed by atoms with Crippen molar-refractivity contribution in [1.29, 1.82) is 0 Å². The standard InChI is InChI=1S/3C14H12N2O3.C3H7NO.CH4O.La.Ti/c3*17-12-8-4-7-11(13(12)18)9-15-16-14(19)10-5-2-1-3-6-10;1-4(2)3-5;1-2;;/h3*1-9,17-18H,(H,16,19);3H,1-2H3;2H,1H3;;/q;;;;;+3;+4/p-7/b3*15-9+;;;;. The third-order valence-corrected chi connectivity index (χ3v) is 7.42. The first-order valence-corrected chi connectivity index (χ1v) is 18.4. The molecule has 0 saturated carbocycles. The average Bonchev–Trinajstić information content (AvgIpc) is 3.32. The van der Waals surface area contributed by atoms with E-state index in [1.165, 1.54) is 59.5 Å². The van der Waals surface area contributed by atoms with E-state index >= 15 is 0 Å². The van der Waals surface area contributed by atoms with Crippen LogP contribution in [0.15, 0.2) is 166 Å². The number of hydrogen-bond donors (Lipinski definition) is 3. The molecule has 6 rings (SSSR count). The Hall–Kier alpha value is -7.12. The Morgan fingerprint density at radius 1 is 0.515 bits per heavy atom. The van der Waals surface area contributed by atoms with Crippen molar-refractivity contribution in [2.24, 2.45) is 20.4 Å². The molecule has 18 nitrogen and oxygen atoms in total. The first-order chi connectivity index (χ1) is 30.8. The molecule has 332 valence electrons. The molecule has 66 heavy (non-hydrogen) atoms. The molecule has 0 heterocycles. The Morgan fingerprint density at radius 3 is 1.14 bits per heavy atom. The number of hydrazone groups is 2. The van der Waals surface area contributed by atoms with Gasteiger partial charge in [-0.15, -0.1) is 34.5 Å². The molecular weight excluding hydrogens is 1010 g/mol. The Morgan fingerprint density at radius 2 is 0.818 bits per heavy atom. The zero-order valence-electron chi connectivity index (χ0n) is 35.5. The van der Waals surface area contributed by atoms with Gasteiger partial charge in [-0.3, -0.25) is 14.4 Å². The molecule has 0 aliphatic carbocycles. The van der Waals surface area contributed by atoms with Crippen LogP contribution in [0.1, 0.15) is 43.0 Å². The molecule has 20 heteroatoms. The van der Waals surface area contributed by atoms with Gasteiger partial charge in [-0.05, 0) is 46.5 Å². The molecule has 0 aliphatic rings. The smallest absolute Gasteiger partial charge is 0.873 e. The van der Waals surface area contributed by atoms with Crippen molar-refractivity contribution in [2.45, 2.75) is 0 Å². The molecule has 0 fully saturated rings.